The number of aromatic nitrogens is 2. The van der Waals surface area contributed by atoms with Crippen molar-refractivity contribution in [3.63, 3.8) is 0 Å². The number of ether oxygens (including phenoxy) is 1. The van der Waals surface area contributed by atoms with Gasteiger partial charge in [-0.1, -0.05) is 17.3 Å². The normalized spacial score (nSPS) is 16.9. The van der Waals surface area contributed by atoms with Crippen LogP contribution in [-0.4, -0.2) is 28.3 Å². The van der Waals surface area contributed by atoms with Crippen LogP contribution in [0.1, 0.15) is 41.9 Å². The summed E-state index contributed by atoms with van der Waals surface area (Å²) in [6.45, 7) is 0. The van der Waals surface area contributed by atoms with Gasteiger partial charge in [0.15, 0.2) is 0 Å². The topological polar surface area (TPSA) is 85.5 Å². The third kappa shape index (κ3) is 2.54. The van der Waals surface area contributed by atoms with Gasteiger partial charge in [-0.2, -0.15) is 4.98 Å². The van der Waals surface area contributed by atoms with Gasteiger partial charge in [0.2, 0.25) is 5.82 Å². The maximum Gasteiger partial charge on any atom is 0.337 e. The molecule has 1 N–H and O–H groups in total. The van der Waals surface area contributed by atoms with E-state index < -0.39 is 11.6 Å². The van der Waals surface area contributed by atoms with Crippen molar-refractivity contribution in [1.82, 2.24) is 10.1 Å². The molecule has 3 rings (SSSR count). The Morgan fingerprint density at radius 3 is 2.86 bits per heavy atom. The Morgan fingerprint density at radius 2 is 2.14 bits per heavy atom. The Bertz CT molecular complexity index is 659. The van der Waals surface area contributed by atoms with Crippen molar-refractivity contribution in [1.29, 1.82) is 0 Å². The van der Waals surface area contributed by atoms with Crippen LogP contribution in [0.15, 0.2) is 28.8 Å². The molecule has 110 valence electrons. The minimum absolute atomic E-state index is 0.249. The predicted molar refractivity (Wildman–Crippen MR) is 73.4 cm³/mol. The zero-order valence-electron chi connectivity index (χ0n) is 11.7. The Kier molecular flexibility index (Phi) is 3.47. The monoisotopic (exact) mass is 288 g/mol. The van der Waals surface area contributed by atoms with E-state index in [9.17, 15) is 9.90 Å². The average Bonchev–Trinajstić information content (AvgIpc) is 3.16. The first-order valence-electron chi connectivity index (χ1n) is 6.88. The van der Waals surface area contributed by atoms with Crippen molar-refractivity contribution in [2.24, 2.45) is 0 Å². The number of esters is 1. The van der Waals surface area contributed by atoms with Gasteiger partial charge in [-0.3, -0.25) is 0 Å². The van der Waals surface area contributed by atoms with Gasteiger partial charge in [0, 0.05) is 5.56 Å². The number of rotatable bonds is 3. The van der Waals surface area contributed by atoms with Gasteiger partial charge in [-0.25, -0.2) is 4.79 Å². The number of nitrogens with zero attached hydrogens (tertiary/aromatic N) is 2. The van der Waals surface area contributed by atoms with Crippen LogP contribution < -0.4 is 0 Å². The van der Waals surface area contributed by atoms with E-state index in [1.807, 2.05) is 0 Å². The lowest BCUT2D eigenvalue weighted by atomic mass is 10.0. The third-order valence-corrected chi connectivity index (χ3v) is 3.80. The Balaban J connectivity index is 1.91. The summed E-state index contributed by atoms with van der Waals surface area (Å²) in [6, 6.07) is 6.79. The molecule has 1 fully saturated rings. The molecule has 0 aliphatic heterocycles. The van der Waals surface area contributed by atoms with Gasteiger partial charge in [0.05, 0.1) is 12.7 Å². The summed E-state index contributed by atoms with van der Waals surface area (Å²) in [6.07, 6.45) is 3.17. The molecule has 1 saturated carbocycles. The van der Waals surface area contributed by atoms with Crippen molar-refractivity contribution in [3.8, 4) is 11.4 Å². The van der Waals surface area contributed by atoms with Gasteiger partial charge in [0.25, 0.3) is 5.89 Å². The minimum atomic E-state index is -1.01. The zero-order chi connectivity index (χ0) is 14.9. The first-order valence-corrected chi connectivity index (χ1v) is 6.88. The molecular formula is C15H16N2O4. The molecule has 6 nitrogen and oxygen atoms in total. The second-order valence-electron chi connectivity index (χ2n) is 5.23. The lowest BCUT2D eigenvalue weighted by molar-refractivity contribution is 0.0112. The second-order valence-corrected chi connectivity index (χ2v) is 5.23. The lowest BCUT2D eigenvalue weighted by Crippen LogP contribution is -2.21. The highest BCUT2D eigenvalue weighted by Gasteiger charge is 2.38. The van der Waals surface area contributed by atoms with E-state index in [0.717, 1.165) is 12.8 Å². The van der Waals surface area contributed by atoms with Crippen molar-refractivity contribution in [2.75, 3.05) is 7.11 Å². The molecule has 0 radical (unpaired) electrons. The number of hydrogen-bond donors (Lipinski definition) is 1. The maximum atomic E-state index is 11.5. The van der Waals surface area contributed by atoms with Crippen LogP contribution in [0.4, 0.5) is 0 Å². The Labute approximate surface area is 121 Å². The number of aliphatic hydroxyl groups is 1. The summed E-state index contributed by atoms with van der Waals surface area (Å²) < 4.78 is 9.89. The average molecular weight is 288 g/mol. The SMILES string of the molecule is COC(=O)c1cccc(-c2noc(C3(O)CCCC3)n2)c1. The Hall–Kier alpha value is -2.21. The zero-order valence-corrected chi connectivity index (χ0v) is 11.7. The molecule has 1 aliphatic carbocycles. The van der Waals surface area contributed by atoms with Crippen molar-refractivity contribution >= 4 is 5.97 Å². The number of hydrogen-bond acceptors (Lipinski definition) is 6. The first-order chi connectivity index (χ1) is 10.1. The molecular weight excluding hydrogens is 272 g/mol. The Morgan fingerprint density at radius 1 is 1.38 bits per heavy atom. The molecule has 21 heavy (non-hydrogen) atoms. The number of carbonyl (C=O) groups excluding carboxylic acids is 1. The number of benzene rings is 1. The van der Waals surface area contributed by atoms with Crippen LogP contribution >= 0.6 is 0 Å². The summed E-state index contributed by atoms with van der Waals surface area (Å²) in [4.78, 5) is 15.8. The van der Waals surface area contributed by atoms with Crippen LogP contribution in [0, 0.1) is 0 Å². The van der Waals surface area contributed by atoms with Gasteiger partial charge in [0.1, 0.15) is 5.60 Å². The second kappa shape index (κ2) is 5.29. The maximum absolute atomic E-state index is 11.5. The summed E-state index contributed by atoms with van der Waals surface area (Å²) in [5.41, 5.74) is 0.0565. The van der Waals surface area contributed by atoms with Gasteiger partial charge < -0.3 is 14.4 Å². The highest BCUT2D eigenvalue weighted by atomic mass is 16.5. The molecule has 0 spiro atoms. The molecule has 1 aliphatic rings. The van der Waals surface area contributed by atoms with Gasteiger partial charge >= 0.3 is 5.97 Å². The molecule has 0 unspecified atom stereocenters. The van der Waals surface area contributed by atoms with Crippen LogP contribution in [0.3, 0.4) is 0 Å². The van der Waals surface area contributed by atoms with E-state index >= 15 is 0 Å². The predicted octanol–water partition coefficient (Wildman–Crippen LogP) is 2.28. The fraction of sp³-hybridized carbons (Fsp3) is 0.400. The van der Waals surface area contributed by atoms with Crippen molar-refractivity contribution in [3.05, 3.63) is 35.7 Å². The van der Waals surface area contributed by atoms with E-state index in [1.165, 1.54) is 7.11 Å². The molecule has 6 heteroatoms. The van der Waals surface area contributed by atoms with E-state index in [4.69, 9.17) is 4.52 Å². The fourth-order valence-electron chi connectivity index (χ4n) is 2.61. The molecule has 0 atom stereocenters. The smallest absolute Gasteiger partial charge is 0.337 e. The minimum Gasteiger partial charge on any atom is -0.465 e. The summed E-state index contributed by atoms with van der Waals surface area (Å²) in [5, 5.41) is 14.3. The highest BCUT2D eigenvalue weighted by Crippen LogP contribution is 2.38. The van der Waals surface area contributed by atoms with E-state index in [1.54, 1.807) is 24.3 Å². The van der Waals surface area contributed by atoms with Crippen molar-refractivity contribution in [2.45, 2.75) is 31.3 Å². The summed E-state index contributed by atoms with van der Waals surface area (Å²) in [5.74, 6) is 0.185. The first kappa shape index (κ1) is 13.8. The standard InChI is InChI=1S/C15H16N2O4/c1-20-13(18)11-6-4-5-10(9-11)12-16-14(21-17-12)15(19)7-2-3-8-15/h4-6,9,19H,2-3,7-8H2,1H3. The molecule has 1 aromatic carbocycles. The van der Waals surface area contributed by atoms with E-state index in [0.29, 0.717) is 29.8 Å². The van der Waals surface area contributed by atoms with Crippen molar-refractivity contribution < 1.29 is 19.2 Å². The van der Waals surface area contributed by atoms with E-state index in [2.05, 4.69) is 14.9 Å². The summed E-state index contributed by atoms with van der Waals surface area (Å²) in [7, 11) is 1.33. The molecule has 1 heterocycles. The quantitative estimate of drug-likeness (QED) is 0.872. The number of carbonyl (C=O) groups is 1. The van der Waals surface area contributed by atoms with Gasteiger partial charge in [-0.05, 0) is 37.8 Å². The molecule has 0 saturated heterocycles. The van der Waals surface area contributed by atoms with Gasteiger partial charge in [-0.15, -0.1) is 0 Å². The summed E-state index contributed by atoms with van der Waals surface area (Å²) >= 11 is 0. The fourth-order valence-corrected chi connectivity index (χ4v) is 2.61. The molecule has 0 amide bonds. The van der Waals surface area contributed by atoms with Crippen LogP contribution in [0.5, 0.6) is 0 Å². The lowest BCUT2D eigenvalue weighted by Gasteiger charge is -2.15. The largest absolute Gasteiger partial charge is 0.465 e. The molecule has 0 bridgehead atoms. The molecule has 2 aromatic rings. The van der Waals surface area contributed by atoms with Crippen LogP contribution in [0.2, 0.25) is 0 Å². The third-order valence-electron chi connectivity index (χ3n) is 3.80. The number of methoxy groups -OCH3 is 1. The van der Waals surface area contributed by atoms with E-state index in [-0.39, 0.29) is 5.89 Å². The van der Waals surface area contributed by atoms with Crippen LogP contribution in [-0.2, 0) is 10.3 Å². The molecule has 1 aromatic heterocycles. The highest BCUT2D eigenvalue weighted by molar-refractivity contribution is 5.90. The van der Waals surface area contributed by atoms with Crippen LogP contribution in [0.25, 0.3) is 11.4 Å².